The van der Waals surface area contributed by atoms with Crippen molar-refractivity contribution in [1.29, 1.82) is 0 Å². The van der Waals surface area contributed by atoms with E-state index in [1.807, 2.05) is 0 Å². The molecule has 2 heterocycles. The Morgan fingerprint density at radius 3 is 2.81 bits per heavy atom. The van der Waals surface area contributed by atoms with Crippen LogP contribution in [-0.4, -0.2) is 48.6 Å². The summed E-state index contributed by atoms with van der Waals surface area (Å²) in [7, 11) is 1.77. The summed E-state index contributed by atoms with van der Waals surface area (Å²) in [5, 5.41) is 2.98. The Morgan fingerprint density at radius 1 is 1.44 bits per heavy atom. The summed E-state index contributed by atoms with van der Waals surface area (Å²) in [6.45, 7) is 2.11. The third-order valence-electron chi connectivity index (χ3n) is 3.42. The summed E-state index contributed by atoms with van der Waals surface area (Å²) in [4.78, 5) is 25.3. The lowest BCUT2D eigenvalue weighted by molar-refractivity contribution is -0.146. The van der Waals surface area contributed by atoms with Crippen molar-refractivity contribution < 1.29 is 14.3 Å². The Bertz CT molecular complexity index is 306. The lowest BCUT2D eigenvalue weighted by Gasteiger charge is -2.28. The van der Waals surface area contributed by atoms with E-state index in [1.54, 1.807) is 18.9 Å². The average molecular weight is 226 g/mol. The number of Topliss-reactive ketones (excluding diaryl/α,β-unsaturated/α-hetero) is 1. The normalized spacial score (nSPS) is 34.8. The number of amides is 1. The maximum absolute atomic E-state index is 12.2. The third-order valence-corrected chi connectivity index (χ3v) is 3.42. The molecule has 2 fully saturated rings. The summed E-state index contributed by atoms with van der Waals surface area (Å²) in [6.07, 6.45) is 1.97. The summed E-state index contributed by atoms with van der Waals surface area (Å²) in [5.41, 5.74) is 0. The zero-order valence-corrected chi connectivity index (χ0v) is 9.73. The Kier molecular flexibility index (Phi) is 3.25. The molecule has 0 spiro atoms. The van der Waals surface area contributed by atoms with Gasteiger partial charge in [0.25, 0.3) is 0 Å². The van der Waals surface area contributed by atoms with Gasteiger partial charge in [-0.3, -0.25) is 9.59 Å². The SMILES string of the molecule is CNC1CCOC2CC[C@@H](C(C)=O)N2C1=O. The minimum Gasteiger partial charge on any atom is -0.358 e. The van der Waals surface area contributed by atoms with Crippen LogP contribution in [0.3, 0.4) is 0 Å². The Morgan fingerprint density at radius 2 is 2.19 bits per heavy atom. The van der Waals surface area contributed by atoms with Gasteiger partial charge in [0.1, 0.15) is 6.23 Å². The highest BCUT2D eigenvalue weighted by Crippen LogP contribution is 2.28. The van der Waals surface area contributed by atoms with E-state index in [0.717, 1.165) is 12.8 Å². The molecule has 2 unspecified atom stereocenters. The summed E-state index contributed by atoms with van der Waals surface area (Å²) in [5.74, 6) is 0.0545. The van der Waals surface area contributed by atoms with Crippen molar-refractivity contribution in [3.63, 3.8) is 0 Å². The van der Waals surface area contributed by atoms with Crippen LogP contribution in [0.1, 0.15) is 26.2 Å². The van der Waals surface area contributed by atoms with Crippen LogP contribution in [0.25, 0.3) is 0 Å². The molecule has 0 aliphatic carbocycles. The first-order valence-corrected chi connectivity index (χ1v) is 5.76. The molecule has 0 aromatic carbocycles. The number of ether oxygens (including phenoxy) is 1. The van der Waals surface area contributed by atoms with Crippen LogP contribution in [0, 0.1) is 0 Å². The lowest BCUT2D eigenvalue weighted by Crippen LogP contribution is -2.50. The molecule has 0 radical (unpaired) electrons. The van der Waals surface area contributed by atoms with Crippen molar-refractivity contribution in [3.05, 3.63) is 0 Å². The fraction of sp³-hybridized carbons (Fsp3) is 0.818. The maximum Gasteiger partial charge on any atom is 0.242 e. The molecule has 2 aliphatic rings. The average Bonchev–Trinajstić information content (AvgIpc) is 2.61. The highest BCUT2D eigenvalue weighted by molar-refractivity contribution is 5.90. The van der Waals surface area contributed by atoms with E-state index in [-0.39, 0.29) is 30.0 Å². The fourth-order valence-corrected chi connectivity index (χ4v) is 2.53. The molecule has 5 nitrogen and oxygen atoms in total. The van der Waals surface area contributed by atoms with Gasteiger partial charge in [-0.15, -0.1) is 0 Å². The van der Waals surface area contributed by atoms with Gasteiger partial charge < -0.3 is 15.0 Å². The van der Waals surface area contributed by atoms with Crippen molar-refractivity contribution in [2.75, 3.05) is 13.7 Å². The van der Waals surface area contributed by atoms with Gasteiger partial charge in [-0.05, 0) is 33.2 Å². The number of nitrogens with one attached hydrogen (secondary N) is 1. The van der Waals surface area contributed by atoms with Gasteiger partial charge in [0, 0.05) is 0 Å². The van der Waals surface area contributed by atoms with Crippen LogP contribution < -0.4 is 5.32 Å². The maximum atomic E-state index is 12.2. The number of likely N-dealkylation sites (N-methyl/N-ethyl adjacent to an activating group) is 1. The van der Waals surface area contributed by atoms with Crippen molar-refractivity contribution in [3.8, 4) is 0 Å². The van der Waals surface area contributed by atoms with Gasteiger partial charge in [-0.2, -0.15) is 0 Å². The molecular formula is C11H18N2O3. The quantitative estimate of drug-likeness (QED) is 0.714. The van der Waals surface area contributed by atoms with Gasteiger partial charge in [0.2, 0.25) is 5.91 Å². The monoisotopic (exact) mass is 226 g/mol. The number of hydrogen-bond acceptors (Lipinski definition) is 4. The molecular weight excluding hydrogens is 208 g/mol. The molecule has 2 saturated heterocycles. The van der Waals surface area contributed by atoms with Crippen molar-refractivity contribution in [2.24, 2.45) is 0 Å². The van der Waals surface area contributed by atoms with Gasteiger partial charge in [0.05, 0.1) is 18.7 Å². The van der Waals surface area contributed by atoms with E-state index in [4.69, 9.17) is 4.74 Å². The summed E-state index contributed by atoms with van der Waals surface area (Å²) in [6, 6.07) is -0.503. The summed E-state index contributed by atoms with van der Waals surface area (Å²) < 4.78 is 5.62. The first-order valence-electron chi connectivity index (χ1n) is 5.76. The number of carbonyl (C=O) groups is 2. The molecule has 16 heavy (non-hydrogen) atoms. The molecule has 90 valence electrons. The Balaban J connectivity index is 2.22. The van der Waals surface area contributed by atoms with Crippen LogP contribution in [-0.2, 0) is 14.3 Å². The zero-order valence-electron chi connectivity index (χ0n) is 9.73. The van der Waals surface area contributed by atoms with Gasteiger partial charge in [0.15, 0.2) is 5.78 Å². The molecule has 0 aromatic rings. The molecule has 2 aliphatic heterocycles. The van der Waals surface area contributed by atoms with E-state index in [1.165, 1.54) is 0 Å². The van der Waals surface area contributed by atoms with E-state index >= 15 is 0 Å². The highest BCUT2D eigenvalue weighted by atomic mass is 16.5. The number of hydrogen-bond donors (Lipinski definition) is 1. The van der Waals surface area contributed by atoms with Gasteiger partial charge in [-0.1, -0.05) is 0 Å². The van der Waals surface area contributed by atoms with Gasteiger partial charge in [-0.25, -0.2) is 0 Å². The number of rotatable bonds is 2. The standard InChI is InChI=1S/C11H18N2O3/c1-7(14)9-3-4-10-13(9)11(15)8(12-2)5-6-16-10/h8-10,12H,3-6H2,1-2H3/t8?,9-,10?/m0/s1. The Labute approximate surface area is 95.1 Å². The van der Waals surface area contributed by atoms with Crippen molar-refractivity contribution in [2.45, 2.75) is 44.5 Å². The highest BCUT2D eigenvalue weighted by Gasteiger charge is 2.43. The summed E-state index contributed by atoms with van der Waals surface area (Å²) >= 11 is 0. The Hall–Kier alpha value is -0.940. The second-order valence-electron chi connectivity index (χ2n) is 4.40. The second-order valence-corrected chi connectivity index (χ2v) is 4.40. The molecule has 0 saturated carbocycles. The van der Waals surface area contributed by atoms with Gasteiger partial charge >= 0.3 is 0 Å². The van der Waals surface area contributed by atoms with Crippen LogP contribution in [0.15, 0.2) is 0 Å². The minimum atomic E-state index is -0.286. The molecule has 1 N–H and O–H groups in total. The molecule has 5 heteroatoms. The lowest BCUT2D eigenvalue weighted by atomic mass is 10.1. The molecule has 1 amide bonds. The number of nitrogens with zero attached hydrogens (tertiary/aromatic N) is 1. The predicted octanol–water partition coefficient (Wildman–Crippen LogP) is -0.0992. The smallest absolute Gasteiger partial charge is 0.242 e. The van der Waals surface area contributed by atoms with Crippen LogP contribution in [0.2, 0.25) is 0 Å². The number of fused-ring (bicyclic) bond motifs is 1. The van der Waals surface area contributed by atoms with Crippen molar-refractivity contribution in [1.82, 2.24) is 10.2 Å². The van der Waals surface area contributed by atoms with E-state index in [0.29, 0.717) is 13.0 Å². The predicted molar refractivity (Wildman–Crippen MR) is 57.8 cm³/mol. The fourth-order valence-electron chi connectivity index (χ4n) is 2.53. The van der Waals surface area contributed by atoms with Crippen LogP contribution in [0.5, 0.6) is 0 Å². The number of carbonyl (C=O) groups excluding carboxylic acids is 2. The van der Waals surface area contributed by atoms with E-state index in [9.17, 15) is 9.59 Å². The molecule has 0 bridgehead atoms. The third kappa shape index (κ3) is 1.85. The van der Waals surface area contributed by atoms with E-state index in [2.05, 4.69) is 5.32 Å². The largest absolute Gasteiger partial charge is 0.358 e. The first-order chi connectivity index (χ1) is 7.65. The second kappa shape index (κ2) is 4.51. The van der Waals surface area contributed by atoms with Crippen LogP contribution >= 0.6 is 0 Å². The molecule has 3 atom stereocenters. The minimum absolute atomic E-state index is 0.00250. The number of ketones is 1. The van der Waals surface area contributed by atoms with Crippen molar-refractivity contribution >= 4 is 11.7 Å². The first kappa shape index (κ1) is 11.5. The topological polar surface area (TPSA) is 58.6 Å². The zero-order chi connectivity index (χ0) is 11.7. The van der Waals surface area contributed by atoms with E-state index < -0.39 is 0 Å². The molecule has 2 rings (SSSR count). The van der Waals surface area contributed by atoms with Crippen LogP contribution in [0.4, 0.5) is 0 Å². The molecule has 0 aromatic heterocycles.